The lowest BCUT2D eigenvalue weighted by atomic mass is 10.00. The molecule has 1 aliphatic heterocycles. The number of carbonyl (C=O) groups is 2. The molecule has 0 aliphatic carbocycles. The Hall–Kier alpha value is -2.25. The largest absolute Gasteiger partial charge is 0.491 e. The number of nitrogens with one attached hydrogen (secondary N) is 1. The van der Waals surface area contributed by atoms with Crippen LogP contribution in [0, 0.1) is 6.92 Å². The SMILES string of the molecule is CCNC(=O)N(CC(=O)N1CCc2sccc2[C@H]1COc1ccc(Cl)c(C)c1)[C@H](C)CC. The van der Waals surface area contributed by atoms with E-state index >= 15 is 0 Å². The van der Waals surface area contributed by atoms with E-state index in [1.54, 1.807) is 16.2 Å². The van der Waals surface area contributed by atoms with Gasteiger partial charge in [0.05, 0.1) is 6.04 Å². The summed E-state index contributed by atoms with van der Waals surface area (Å²) in [7, 11) is 0. The monoisotopic (exact) mass is 477 g/mol. The molecule has 1 N–H and O–H groups in total. The second-order valence-electron chi connectivity index (χ2n) is 8.09. The van der Waals surface area contributed by atoms with Crippen LogP contribution in [0.4, 0.5) is 4.79 Å². The maximum Gasteiger partial charge on any atom is 0.318 e. The second kappa shape index (κ2) is 11.1. The van der Waals surface area contributed by atoms with Crippen LogP contribution in [0.3, 0.4) is 0 Å². The maximum atomic E-state index is 13.4. The summed E-state index contributed by atoms with van der Waals surface area (Å²) in [5.74, 6) is 0.666. The molecule has 3 amide bonds. The molecule has 2 heterocycles. The van der Waals surface area contributed by atoms with Crippen molar-refractivity contribution in [3.05, 3.63) is 50.7 Å². The molecule has 1 aromatic heterocycles. The predicted molar refractivity (Wildman–Crippen MR) is 130 cm³/mol. The minimum Gasteiger partial charge on any atom is -0.491 e. The number of carbonyl (C=O) groups excluding carboxylic acids is 2. The Morgan fingerprint density at radius 3 is 2.81 bits per heavy atom. The number of nitrogens with zero attached hydrogens (tertiary/aromatic N) is 2. The molecule has 32 heavy (non-hydrogen) atoms. The fourth-order valence-corrected chi connectivity index (χ4v) is 4.94. The van der Waals surface area contributed by atoms with Gasteiger partial charge >= 0.3 is 6.03 Å². The number of halogens is 1. The highest BCUT2D eigenvalue weighted by atomic mass is 35.5. The highest BCUT2D eigenvalue weighted by Gasteiger charge is 2.34. The lowest BCUT2D eigenvalue weighted by molar-refractivity contribution is -0.135. The fraction of sp³-hybridized carbons (Fsp3) is 0.500. The maximum absolute atomic E-state index is 13.4. The van der Waals surface area contributed by atoms with Crippen LogP contribution in [0.25, 0.3) is 0 Å². The number of benzene rings is 1. The van der Waals surface area contributed by atoms with Crippen molar-refractivity contribution >= 4 is 34.9 Å². The molecule has 0 spiro atoms. The Morgan fingerprint density at radius 1 is 1.34 bits per heavy atom. The molecule has 0 fully saturated rings. The van der Waals surface area contributed by atoms with E-state index in [9.17, 15) is 9.59 Å². The van der Waals surface area contributed by atoms with Gasteiger partial charge in [0.1, 0.15) is 18.9 Å². The second-order valence-corrected chi connectivity index (χ2v) is 9.50. The smallest absolute Gasteiger partial charge is 0.318 e. The number of hydrogen-bond donors (Lipinski definition) is 1. The summed E-state index contributed by atoms with van der Waals surface area (Å²) < 4.78 is 6.11. The van der Waals surface area contributed by atoms with Gasteiger partial charge < -0.3 is 19.9 Å². The first-order valence-electron chi connectivity index (χ1n) is 11.1. The summed E-state index contributed by atoms with van der Waals surface area (Å²) in [5.41, 5.74) is 2.08. The number of aryl methyl sites for hydroxylation is 1. The highest BCUT2D eigenvalue weighted by molar-refractivity contribution is 7.10. The molecule has 1 aromatic carbocycles. The first-order chi connectivity index (χ1) is 15.3. The van der Waals surface area contributed by atoms with Crippen LogP contribution in [-0.2, 0) is 11.2 Å². The number of fused-ring (bicyclic) bond motifs is 1. The third-order valence-corrected chi connectivity index (χ3v) is 7.39. The lowest BCUT2D eigenvalue weighted by Crippen LogP contribution is -2.52. The zero-order valence-electron chi connectivity index (χ0n) is 19.2. The van der Waals surface area contributed by atoms with Crippen molar-refractivity contribution < 1.29 is 14.3 Å². The topological polar surface area (TPSA) is 61.9 Å². The van der Waals surface area contributed by atoms with E-state index in [0.29, 0.717) is 24.7 Å². The van der Waals surface area contributed by atoms with Crippen LogP contribution in [-0.4, -0.2) is 54.0 Å². The molecule has 0 radical (unpaired) electrons. The number of rotatable bonds is 8. The molecule has 0 bridgehead atoms. The van der Waals surface area contributed by atoms with Gasteiger partial charge in [-0.3, -0.25) is 4.79 Å². The minimum absolute atomic E-state index is 0.0289. The lowest BCUT2D eigenvalue weighted by Gasteiger charge is -2.38. The van der Waals surface area contributed by atoms with Crippen molar-refractivity contribution in [3.63, 3.8) is 0 Å². The summed E-state index contributed by atoms with van der Waals surface area (Å²) in [6, 6.07) is 7.23. The average Bonchev–Trinajstić information content (AvgIpc) is 3.26. The molecule has 0 saturated heterocycles. The zero-order chi connectivity index (χ0) is 23.3. The minimum atomic E-state index is -0.201. The quantitative estimate of drug-likeness (QED) is 0.579. The normalized spacial score (nSPS) is 16.3. The first kappa shape index (κ1) is 24.4. The van der Waals surface area contributed by atoms with Crippen LogP contribution in [0.5, 0.6) is 5.75 Å². The van der Waals surface area contributed by atoms with Gasteiger partial charge in [-0.15, -0.1) is 11.3 Å². The van der Waals surface area contributed by atoms with Gasteiger partial charge in [0.25, 0.3) is 0 Å². The van der Waals surface area contributed by atoms with Gasteiger partial charge in [0, 0.05) is 29.0 Å². The molecule has 0 saturated carbocycles. The van der Waals surface area contributed by atoms with Crippen molar-refractivity contribution in [1.29, 1.82) is 0 Å². The molecule has 6 nitrogen and oxygen atoms in total. The highest BCUT2D eigenvalue weighted by Crippen LogP contribution is 2.34. The zero-order valence-corrected chi connectivity index (χ0v) is 20.8. The van der Waals surface area contributed by atoms with Crippen LogP contribution in [0.2, 0.25) is 5.02 Å². The Labute approximate surface area is 199 Å². The standard InChI is InChI=1S/C24H32ClN3O3S/c1-5-17(4)28(24(30)26-6-2)14-23(29)27-11-9-22-19(10-12-32-22)21(27)15-31-18-7-8-20(25)16(3)13-18/h7-8,10,12-13,17,21H,5-6,9,11,14-15H2,1-4H3,(H,26,30)/t17-,21-/m1/s1. The van der Waals surface area contributed by atoms with E-state index in [4.69, 9.17) is 16.3 Å². The van der Waals surface area contributed by atoms with Gasteiger partial charge in [0.2, 0.25) is 5.91 Å². The van der Waals surface area contributed by atoms with E-state index in [-0.39, 0.29) is 30.6 Å². The molecule has 1 aliphatic rings. The molecule has 2 atom stereocenters. The van der Waals surface area contributed by atoms with Crippen molar-refractivity contribution in [2.45, 2.75) is 52.6 Å². The van der Waals surface area contributed by atoms with Gasteiger partial charge in [-0.25, -0.2) is 4.79 Å². The Kier molecular flexibility index (Phi) is 8.43. The molecule has 2 aromatic rings. The van der Waals surface area contributed by atoms with E-state index in [1.807, 2.05) is 50.8 Å². The van der Waals surface area contributed by atoms with Crippen LogP contribution in [0.1, 0.15) is 49.2 Å². The van der Waals surface area contributed by atoms with E-state index in [0.717, 1.165) is 29.7 Å². The van der Waals surface area contributed by atoms with Crippen LogP contribution < -0.4 is 10.1 Å². The molecule has 8 heteroatoms. The van der Waals surface area contributed by atoms with Crippen molar-refractivity contribution in [2.75, 3.05) is 26.2 Å². The molecule has 0 unspecified atom stereocenters. The van der Waals surface area contributed by atoms with E-state index < -0.39 is 0 Å². The molecule has 174 valence electrons. The third kappa shape index (κ3) is 5.56. The van der Waals surface area contributed by atoms with E-state index in [2.05, 4.69) is 16.8 Å². The van der Waals surface area contributed by atoms with Crippen LogP contribution >= 0.6 is 22.9 Å². The summed E-state index contributed by atoms with van der Waals surface area (Å²) in [6.07, 6.45) is 1.60. The molecular weight excluding hydrogens is 446 g/mol. The number of hydrogen-bond acceptors (Lipinski definition) is 4. The summed E-state index contributed by atoms with van der Waals surface area (Å²) in [6.45, 7) is 9.35. The number of amides is 3. The fourth-order valence-electron chi connectivity index (χ4n) is 3.89. The van der Waals surface area contributed by atoms with Crippen molar-refractivity contribution in [1.82, 2.24) is 15.1 Å². The van der Waals surface area contributed by atoms with Crippen molar-refractivity contribution in [3.8, 4) is 5.75 Å². The molecule has 3 rings (SSSR count). The van der Waals surface area contributed by atoms with Gasteiger partial charge in [-0.05, 0) is 74.4 Å². The summed E-state index contributed by atoms with van der Waals surface area (Å²) >= 11 is 7.85. The first-order valence-corrected chi connectivity index (χ1v) is 12.4. The number of thiophene rings is 1. The third-order valence-electron chi connectivity index (χ3n) is 5.97. The Morgan fingerprint density at radius 2 is 2.12 bits per heavy atom. The van der Waals surface area contributed by atoms with Crippen molar-refractivity contribution in [2.24, 2.45) is 0 Å². The average molecular weight is 478 g/mol. The van der Waals surface area contributed by atoms with Crippen LogP contribution in [0.15, 0.2) is 29.6 Å². The predicted octanol–water partition coefficient (Wildman–Crippen LogP) is 5.04. The Bertz CT molecular complexity index is 948. The van der Waals surface area contributed by atoms with Gasteiger partial charge in [-0.2, -0.15) is 0 Å². The Balaban J connectivity index is 1.78. The van der Waals surface area contributed by atoms with E-state index in [1.165, 1.54) is 4.88 Å². The number of ether oxygens (including phenoxy) is 1. The number of urea groups is 1. The molecular formula is C24H32ClN3O3S. The summed E-state index contributed by atoms with van der Waals surface area (Å²) in [5, 5.41) is 5.60. The van der Waals surface area contributed by atoms with Gasteiger partial charge in [-0.1, -0.05) is 18.5 Å². The van der Waals surface area contributed by atoms with Gasteiger partial charge in [0.15, 0.2) is 0 Å². The summed E-state index contributed by atoms with van der Waals surface area (Å²) in [4.78, 5) is 30.8.